The Morgan fingerprint density at radius 2 is 2.15 bits per heavy atom. The summed E-state index contributed by atoms with van der Waals surface area (Å²) in [4.78, 5) is 0. The smallest absolute Gasteiger partial charge is 0.184 e. The van der Waals surface area contributed by atoms with Crippen molar-refractivity contribution in [3.63, 3.8) is 0 Å². The van der Waals surface area contributed by atoms with Gasteiger partial charge in [-0.2, -0.15) is 0 Å². The molecule has 1 aromatic carbocycles. The molecule has 0 aromatic heterocycles. The van der Waals surface area contributed by atoms with Crippen molar-refractivity contribution in [2.75, 3.05) is 13.7 Å². The Morgan fingerprint density at radius 1 is 1.30 bits per heavy atom. The minimum atomic E-state index is -0.308. The van der Waals surface area contributed by atoms with Crippen LogP contribution in [0.2, 0.25) is 10.0 Å². The number of rotatable bonds is 4. The highest BCUT2D eigenvalue weighted by molar-refractivity contribution is 6.35. The van der Waals surface area contributed by atoms with Gasteiger partial charge < -0.3 is 18.9 Å². The Balaban J connectivity index is 1.63. The molecule has 2 fully saturated rings. The predicted molar refractivity (Wildman–Crippen MR) is 75.1 cm³/mol. The van der Waals surface area contributed by atoms with E-state index in [-0.39, 0.29) is 24.6 Å². The number of hydrogen-bond acceptors (Lipinski definition) is 4. The first kappa shape index (κ1) is 14.6. The van der Waals surface area contributed by atoms with Gasteiger partial charge in [0.2, 0.25) is 0 Å². The minimum Gasteiger partial charge on any atom is -0.379 e. The molecule has 4 unspecified atom stereocenters. The van der Waals surface area contributed by atoms with Crippen LogP contribution in [0, 0.1) is 0 Å². The van der Waals surface area contributed by atoms with Crippen LogP contribution in [0.4, 0.5) is 0 Å². The molecule has 0 N–H and O–H groups in total. The van der Waals surface area contributed by atoms with Crippen molar-refractivity contribution in [1.82, 2.24) is 0 Å². The van der Waals surface area contributed by atoms with E-state index in [4.69, 9.17) is 42.1 Å². The van der Waals surface area contributed by atoms with Crippen LogP contribution in [0.5, 0.6) is 0 Å². The number of fused-ring (bicyclic) bond motifs is 2. The van der Waals surface area contributed by atoms with Crippen LogP contribution in [0.3, 0.4) is 0 Å². The SMILES string of the molecule is COC1CC(OCc2ccc(Cl)cc2Cl)C2OCC1O2. The third-order valence-electron chi connectivity index (χ3n) is 3.69. The van der Waals surface area contributed by atoms with Crippen molar-refractivity contribution < 1.29 is 18.9 Å². The summed E-state index contributed by atoms with van der Waals surface area (Å²) < 4.78 is 22.6. The largest absolute Gasteiger partial charge is 0.379 e. The van der Waals surface area contributed by atoms with Crippen molar-refractivity contribution in [2.45, 2.75) is 37.6 Å². The highest BCUT2D eigenvalue weighted by Gasteiger charge is 2.44. The van der Waals surface area contributed by atoms with E-state index in [0.29, 0.717) is 23.3 Å². The van der Waals surface area contributed by atoms with E-state index < -0.39 is 0 Å². The molecule has 2 saturated heterocycles. The third-order valence-corrected chi connectivity index (χ3v) is 4.27. The molecule has 2 aliphatic heterocycles. The average Bonchev–Trinajstić information content (AvgIpc) is 2.85. The molecule has 2 bridgehead atoms. The highest BCUT2D eigenvalue weighted by atomic mass is 35.5. The van der Waals surface area contributed by atoms with E-state index in [2.05, 4.69) is 0 Å². The average molecular weight is 319 g/mol. The number of benzene rings is 1. The van der Waals surface area contributed by atoms with Gasteiger partial charge in [0, 0.05) is 23.6 Å². The molecule has 2 aliphatic rings. The molecule has 0 amide bonds. The zero-order valence-electron chi connectivity index (χ0n) is 11.1. The Labute approximate surface area is 127 Å². The van der Waals surface area contributed by atoms with Gasteiger partial charge in [-0.1, -0.05) is 29.3 Å². The molecule has 4 nitrogen and oxygen atoms in total. The summed E-state index contributed by atoms with van der Waals surface area (Å²) in [5.41, 5.74) is 0.894. The Kier molecular flexibility index (Phi) is 4.50. The molecule has 3 rings (SSSR count). The maximum absolute atomic E-state index is 6.13. The molecule has 4 atom stereocenters. The molecular formula is C14H16Cl2O4. The van der Waals surface area contributed by atoms with Crippen LogP contribution in [0.1, 0.15) is 12.0 Å². The van der Waals surface area contributed by atoms with Gasteiger partial charge in [0.05, 0.1) is 19.3 Å². The van der Waals surface area contributed by atoms with Crippen molar-refractivity contribution in [3.05, 3.63) is 33.8 Å². The van der Waals surface area contributed by atoms with Gasteiger partial charge in [-0.05, 0) is 17.7 Å². The molecule has 6 heteroatoms. The molecule has 110 valence electrons. The predicted octanol–water partition coefficient (Wildman–Crippen LogP) is 3.04. The van der Waals surface area contributed by atoms with E-state index in [9.17, 15) is 0 Å². The Bertz CT molecular complexity index is 482. The zero-order valence-corrected chi connectivity index (χ0v) is 12.6. The van der Waals surface area contributed by atoms with Gasteiger partial charge in [0.25, 0.3) is 0 Å². The molecule has 2 heterocycles. The van der Waals surface area contributed by atoms with E-state index in [0.717, 1.165) is 12.0 Å². The lowest BCUT2D eigenvalue weighted by Crippen LogP contribution is -2.44. The van der Waals surface area contributed by atoms with Gasteiger partial charge >= 0.3 is 0 Å². The molecule has 0 saturated carbocycles. The van der Waals surface area contributed by atoms with Crippen molar-refractivity contribution >= 4 is 23.2 Å². The second-order valence-corrected chi connectivity index (χ2v) is 5.81. The molecule has 0 aliphatic carbocycles. The summed E-state index contributed by atoms with van der Waals surface area (Å²) in [6, 6.07) is 5.36. The topological polar surface area (TPSA) is 36.9 Å². The van der Waals surface area contributed by atoms with Crippen LogP contribution in [0.25, 0.3) is 0 Å². The molecular weight excluding hydrogens is 303 g/mol. The van der Waals surface area contributed by atoms with E-state index in [1.54, 1.807) is 19.2 Å². The highest BCUT2D eigenvalue weighted by Crippen LogP contribution is 2.32. The van der Waals surface area contributed by atoms with Crippen LogP contribution in [-0.4, -0.2) is 38.3 Å². The normalized spacial score (nSPS) is 32.5. The number of hydrogen-bond donors (Lipinski definition) is 0. The van der Waals surface area contributed by atoms with Crippen molar-refractivity contribution in [3.8, 4) is 0 Å². The third kappa shape index (κ3) is 2.96. The molecule has 20 heavy (non-hydrogen) atoms. The Hall–Kier alpha value is -0.360. The first-order valence-corrected chi connectivity index (χ1v) is 7.28. The lowest BCUT2D eigenvalue weighted by molar-refractivity contribution is -0.205. The summed E-state index contributed by atoms with van der Waals surface area (Å²) in [6.45, 7) is 0.954. The minimum absolute atomic E-state index is 0.0134. The van der Waals surface area contributed by atoms with Gasteiger partial charge in [0.15, 0.2) is 6.29 Å². The lowest BCUT2D eigenvalue weighted by atomic mass is 10.0. The first-order valence-electron chi connectivity index (χ1n) is 6.53. The van der Waals surface area contributed by atoms with Crippen molar-refractivity contribution in [2.24, 2.45) is 0 Å². The molecule has 0 spiro atoms. The van der Waals surface area contributed by atoms with Crippen LogP contribution >= 0.6 is 23.2 Å². The monoisotopic (exact) mass is 318 g/mol. The molecule has 0 radical (unpaired) electrons. The van der Waals surface area contributed by atoms with Gasteiger partial charge in [0.1, 0.15) is 12.2 Å². The van der Waals surface area contributed by atoms with E-state index in [1.807, 2.05) is 6.07 Å². The van der Waals surface area contributed by atoms with Crippen LogP contribution < -0.4 is 0 Å². The summed E-state index contributed by atoms with van der Waals surface area (Å²) >= 11 is 12.0. The van der Waals surface area contributed by atoms with E-state index >= 15 is 0 Å². The summed E-state index contributed by atoms with van der Waals surface area (Å²) in [5.74, 6) is 0. The fourth-order valence-electron chi connectivity index (χ4n) is 2.55. The Morgan fingerprint density at radius 3 is 2.90 bits per heavy atom. The lowest BCUT2D eigenvalue weighted by Gasteiger charge is -2.32. The number of halogens is 2. The fourth-order valence-corrected chi connectivity index (χ4v) is 3.02. The number of methoxy groups -OCH3 is 1. The van der Waals surface area contributed by atoms with Gasteiger partial charge in [-0.15, -0.1) is 0 Å². The second-order valence-electron chi connectivity index (χ2n) is 4.97. The quantitative estimate of drug-likeness (QED) is 0.855. The van der Waals surface area contributed by atoms with Gasteiger partial charge in [-0.3, -0.25) is 0 Å². The van der Waals surface area contributed by atoms with E-state index in [1.165, 1.54) is 0 Å². The van der Waals surface area contributed by atoms with Crippen molar-refractivity contribution in [1.29, 1.82) is 0 Å². The standard InChI is InChI=1S/C14H16Cl2O4/c1-17-11-5-12(14-19-7-13(11)20-14)18-6-8-2-3-9(15)4-10(8)16/h2-4,11-14H,5-7H2,1H3. The second kappa shape index (κ2) is 6.18. The van der Waals surface area contributed by atoms with Gasteiger partial charge in [-0.25, -0.2) is 0 Å². The summed E-state index contributed by atoms with van der Waals surface area (Å²) in [5, 5.41) is 1.21. The van der Waals surface area contributed by atoms with Crippen LogP contribution in [0.15, 0.2) is 18.2 Å². The summed E-state index contributed by atoms with van der Waals surface area (Å²) in [7, 11) is 1.68. The maximum Gasteiger partial charge on any atom is 0.184 e. The molecule has 1 aromatic rings. The fraction of sp³-hybridized carbons (Fsp3) is 0.571. The number of ether oxygens (including phenoxy) is 4. The zero-order chi connectivity index (χ0) is 14.1. The summed E-state index contributed by atoms with van der Waals surface area (Å²) in [6.07, 6.45) is 0.336. The first-order chi connectivity index (χ1) is 9.67. The van der Waals surface area contributed by atoms with Crippen LogP contribution in [-0.2, 0) is 25.6 Å². The maximum atomic E-state index is 6.13.